The van der Waals surface area contributed by atoms with Crippen molar-refractivity contribution in [1.29, 1.82) is 0 Å². The van der Waals surface area contributed by atoms with Crippen molar-refractivity contribution < 1.29 is 13.2 Å². The predicted molar refractivity (Wildman–Crippen MR) is 87.7 cm³/mol. The van der Waals surface area contributed by atoms with E-state index in [1.54, 1.807) is 6.20 Å². The fourth-order valence-electron chi connectivity index (χ4n) is 2.52. The Bertz CT molecular complexity index is 800. The first-order valence-electron chi connectivity index (χ1n) is 7.00. The molecule has 0 saturated carbocycles. The van der Waals surface area contributed by atoms with Crippen LogP contribution in [0.2, 0.25) is 0 Å². The molecule has 1 aliphatic rings. The van der Waals surface area contributed by atoms with Crippen LogP contribution in [0.3, 0.4) is 0 Å². The Morgan fingerprint density at radius 3 is 2.91 bits per heavy atom. The molecule has 2 aromatic rings. The minimum atomic E-state index is -2.97. The molecule has 1 unspecified atom stereocenters. The van der Waals surface area contributed by atoms with E-state index in [4.69, 9.17) is 0 Å². The van der Waals surface area contributed by atoms with E-state index in [1.807, 2.05) is 30.3 Å². The summed E-state index contributed by atoms with van der Waals surface area (Å²) in [4.78, 5) is 16.3. The SMILES string of the molecule is O=C(CSc1nccc2ccccc12)NC1CCS(=O)(=O)C1. The monoisotopic (exact) mass is 336 g/mol. The van der Waals surface area contributed by atoms with Gasteiger partial charge in [0, 0.05) is 17.6 Å². The van der Waals surface area contributed by atoms with Crippen molar-refractivity contribution in [3.05, 3.63) is 36.5 Å². The number of aromatic nitrogens is 1. The Labute approximate surface area is 133 Å². The molecule has 1 atom stereocenters. The quantitative estimate of drug-likeness (QED) is 0.859. The summed E-state index contributed by atoms with van der Waals surface area (Å²) < 4.78 is 22.8. The van der Waals surface area contributed by atoms with E-state index in [0.29, 0.717) is 6.42 Å². The third kappa shape index (κ3) is 3.59. The van der Waals surface area contributed by atoms with Gasteiger partial charge in [0.1, 0.15) is 5.03 Å². The summed E-state index contributed by atoms with van der Waals surface area (Å²) in [5.41, 5.74) is 0. The largest absolute Gasteiger partial charge is 0.352 e. The van der Waals surface area contributed by atoms with Crippen LogP contribution in [0.5, 0.6) is 0 Å². The molecule has 1 aliphatic heterocycles. The number of thioether (sulfide) groups is 1. The molecule has 0 radical (unpaired) electrons. The third-order valence-corrected chi connectivity index (χ3v) is 6.35. The molecule has 1 N–H and O–H groups in total. The minimum Gasteiger partial charge on any atom is -0.352 e. The lowest BCUT2D eigenvalue weighted by molar-refractivity contribution is -0.119. The Morgan fingerprint density at radius 1 is 1.32 bits per heavy atom. The molecule has 7 heteroatoms. The number of sulfone groups is 1. The van der Waals surface area contributed by atoms with Crippen LogP contribution in [0.4, 0.5) is 0 Å². The van der Waals surface area contributed by atoms with Crippen molar-refractivity contribution in [3.8, 4) is 0 Å². The topological polar surface area (TPSA) is 76.1 Å². The number of hydrogen-bond donors (Lipinski definition) is 1. The number of pyridine rings is 1. The fourth-order valence-corrected chi connectivity index (χ4v) is 5.02. The lowest BCUT2D eigenvalue weighted by atomic mass is 10.2. The number of fused-ring (bicyclic) bond motifs is 1. The van der Waals surface area contributed by atoms with Gasteiger partial charge >= 0.3 is 0 Å². The first-order chi connectivity index (χ1) is 10.5. The summed E-state index contributed by atoms with van der Waals surface area (Å²) in [6.45, 7) is 0. The molecule has 5 nitrogen and oxygen atoms in total. The maximum Gasteiger partial charge on any atom is 0.230 e. The van der Waals surface area contributed by atoms with Crippen LogP contribution in [0, 0.1) is 0 Å². The molecule has 116 valence electrons. The fraction of sp³-hybridized carbons (Fsp3) is 0.333. The highest BCUT2D eigenvalue weighted by molar-refractivity contribution is 8.00. The van der Waals surface area contributed by atoms with Gasteiger partial charge in [0.05, 0.1) is 17.3 Å². The molecule has 22 heavy (non-hydrogen) atoms. The summed E-state index contributed by atoms with van der Waals surface area (Å²) in [6, 6.07) is 9.57. The molecule has 2 heterocycles. The number of nitrogens with zero attached hydrogens (tertiary/aromatic N) is 1. The van der Waals surface area contributed by atoms with Crippen molar-refractivity contribution in [2.24, 2.45) is 0 Å². The lowest BCUT2D eigenvalue weighted by Crippen LogP contribution is -2.36. The van der Waals surface area contributed by atoms with Crippen molar-refractivity contribution in [2.45, 2.75) is 17.5 Å². The van der Waals surface area contributed by atoms with Crippen molar-refractivity contribution in [3.63, 3.8) is 0 Å². The average molecular weight is 336 g/mol. The van der Waals surface area contributed by atoms with Crippen LogP contribution in [-0.4, -0.2) is 42.6 Å². The van der Waals surface area contributed by atoms with Crippen molar-refractivity contribution in [1.82, 2.24) is 10.3 Å². The van der Waals surface area contributed by atoms with Gasteiger partial charge in [0.25, 0.3) is 0 Å². The van der Waals surface area contributed by atoms with Crippen LogP contribution in [0.15, 0.2) is 41.6 Å². The summed E-state index contributed by atoms with van der Waals surface area (Å²) in [5, 5.41) is 5.70. The molecule has 3 rings (SSSR count). The number of rotatable bonds is 4. The highest BCUT2D eigenvalue weighted by Crippen LogP contribution is 2.25. The zero-order valence-corrected chi connectivity index (χ0v) is 13.5. The van der Waals surface area contributed by atoms with E-state index in [2.05, 4.69) is 10.3 Å². The second kappa shape index (κ2) is 6.26. The summed E-state index contributed by atoms with van der Waals surface area (Å²) in [5.74, 6) is 0.297. The average Bonchev–Trinajstić information content (AvgIpc) is 2.84. The van der Waals surface area contributed by atoms with Crippen LogP contribution < -0.4 is 5.32 Å². The van der Waals surface area contributed by atoms with Gasteiger partial charge < -0.3 is 5.32 Å². The van der Waals surface area contributed by atoms with Gasteiger partial charge in [0.2, 0.25) is 5.91 Å². The number of nitrogens with one attached hydrogen (secondary N) is 1. The third-order valence-electron chi connectivity index (χ3n) is 3.57. The number of carbonyl (C=O) groups is 1. The van der Waals surface area contributed by atoms with Crippen LogP contribution >= 0.6 is 11.8 Å². The van der Waals surface area contributed by atoms with E-state index < -0.39 is 9.84 Å². The molecule has 1 aromatic carbocycles. The normalized spacial score (nSPS) is 20.1. The highest BCUT2D eigenvalue weighted by atomic mass is 32.2. The molecule has 1 fully saturated rings. The molecule has 1 aromatic heterocycles. The lowest BCUT2D eigenvalue weighted by Gasteiger charge is -2.10. The highest BCUT2D eigenvalue weighted by Gasteiger charge is 2.28. The van der Waals surface area contributed by atoms with E-state index in [1.165, 1.54) is 11.8 Å². The number of carbonyl (C=O) groups excluding carboxylic acids is 1. The first kappa shape index (κ1) is 15.3. The Balaban J connectivity index is 1.61. The van der Waals surface area contributed by atoms with Crippen molar-refractivity contribution >= 4 is 38.3 Å². The van der Waals surface area contributed by atoms with Gasteiger partial charge in [-0.1, -0.05) is 36.0 Å². The number of hydrogen-bond acceptors (Lipinski definition) is 5. The summed E-state index contributed by atoms with van der Waals surface area (Å²) in [6.07, 6.45) is 2.23. The zero-order valence-electron chi connectivity index (χ0n) is 11.9. The Morgan fingerprint density at radius 2 is 2.14 bits per heavy atom. The maximum absolute atomic E-state index is 12.0. The van der Waals surface area contributed by atoms with Gasteiger partial charge in [-0.3, -0.25) is 4.79 Å². The van der Waals surface area contributed by atoms with Crippen LogP contribution in [0.25, 0.3) is 10.8 Å². The minimum absolute atomic E-state index is 0.0515. The first-order valence-corrected chi connectivity index (χ1v) is 9.80. The van der Waals surface area contributed by atoms with Gasteiger partial charge in [-0.25, -0.2) is 13.4 Å². The second-order valence-corrected chi connectivity index (χ2v) is 8.49. The van der Waals surface area contributed by atoms with Gasteiger partial charge in [0.15, 0.2) is 9.84 Å². The van der Waals surface area contributed by atoms with E-state index in [0.717, 1.165) is 15.8 Å². The molecule has 1 saturated heterocycles. The standard InChI is InChI=1S/C15H16N2O3S2/c18-14(17-12-6-8-22(19,20)10-12)9-21-15-13-4-2-1-3-11(13)5-7-16-15/h1-5,7,12H,6,8-10H2,(H,17,18). The molecular formula is C15H16N2O3S2. The molecule has 0 spiro atoms. The van der Waals surface area contributed by atoms with Gasteiger partial charge in [-0.2, -0.15) is 0 Å². The second-order valence-electron chi connectivity index (χ2n) is 5.29. The number of amides is 1. The van der Waals surface area contributed by atoms with Crippen molar-refractivity contribution in [2.75, 3.05) is 17.3 Å². The molecular weight excluding hydrogens is 320 g/mol. The van der Waals surface area contributed by atoms with E-state index in [9.17, 15) is 13.2 Å². The van der Waals surface area contributed by atoms with E-state index in [-0.39, 0.29) is 29.2 Å². The van der Waals surface area contributed by atoms with Crippen LogP contribution in [0.1, 0.15) is 6.42 Å². The number of benzene rings is 1. The molecule has 0 aliphatic carbocycles. The maximum atomic E-state index is 12.0. The van der Waals surface area contributed by atoms with Crippen LogP contribution in [-0.2, 0) is 14.6 Å². The van der Waals surface area contributed by atoms with Gasteiger partial charge in [-0.05, 0) is 17.9 Å². The molecule has 0 bridgehead atoms. The summed E-state index contributed by atoms with van der Waals surface area (Å²) >= 11 is 1.37. The smallest absolute Gasteiger partial charge is 0.230 e. The summed E-state index contributed by atoms with van der Waals surface area (Å²) in [7, 11) is -2.97. The zero-order chi connectivity index (χ0) is 15.6. The predicted octanol–water partition coefficient (Wildman–Crippen LogP) is 1.63. The Hall–Kier alpha value is -1.60. The Kier molecular flexibility index (Phi) is 4.35. The van der Waals surface area contributed by atoms with E-state index >= 15 is 0 Å². The van der Waals surface area contributed by atoms with Gasteiger partial charge in [-0.15, -0.1) is 0 Å². The molecule has 1 amide bonds.